The highest BCUT2D eigenvalue weighted by Gasteiger charge is 2.37. The zero-order valence-corrected chi connectivity index (χ0v) is 16.5. The number of rotatable bonds is 4. The second-order valence-electron chi connectivity index (χ2n) is 8.44. The van der Waals surface area contributed by atoms with Crippen LogP contribution in [0.3, 0.4) is 0 Å². The van der Waals surface area contributed by atoms with E-state index in [9.17, 15) is 14.7 Å². The minimum atomic E-state index is -0.697. The monoisotopic (exact) mass is 385 g/mol. The number of hydrogen-bond donors (Lipinski definition) is 2. The molecular weight excluding hydrogens is 354 g/mol. The molecule has 152 valence electrons. The van der Waals surface area contributed by atoms with Gasteiger partial charge in [-0.3, -0.25) is 9.69 Å². The van der Waals surface area contributed by atoms with Gasteiger partial charge in [0.05, 0.1) is 5.92 Å². The second kappa shape index (κ2) is 8.52. The SMILES string of the molecule is O=C(O)C1CCC(N2CCN(c3ccc(C4CCCNCC4)cc3)C2=O)CC1. The van der Waals surface area contributed by atoms with Gasteiger partial charge < -0.3 is 15.3 Å². The topological polar surface area (TPSA) is 72.9 Å². The summed E-state index contributed by atoms with van der Waals surface area (Å²) in [4.78, 5) is 28.0. The molecule has 6 heteroatoms. The summed E-state index contributed by atoms with van der Waals surface area (Å²) < 4.78 is 0. The van der Waals surface area contributed by atoms with Gasteiger partial charge in [-0.25, -0.2) is 4.79 Å². The van der Waals surface area contributed by atoms with E-state index >= 15 is 0 Å². The zero-order valence-electron chi connectivity index (χ0n) is 16.5. The molecule has 2 N–H and O–H groups in total. The number of carboxylic acids is 1. The molecule has 0 aromatic heterocycles. The van der Waals surface area contributed by atoms with Crippen molar-refractivity contribution in [2.45, 2.75) is 56.9 Å². The Balaban J connectivity index is 1.37. The van der Waals surface area contributed by atoms with Crippen LogP contribution in [0.5, 0.6) is 0 Å². The molecule has 28 heavy (non-hydrogen) atoms. The molecule has 1 aliphatic carbocycles. The first-order chi connectivity index (χ1) is 13.6. The maximum atomic E-state index is 13.0. The standard InChI is InChI=1S/C22H31N3O3/c26-21(27)18-5-9-20(10-6-18)25-15-14-24(22(25)28)19-7-3-17(4-8-19)16-2-1-12-23-13-11-16/h3-4,7-8,16,18,20,23H,1-2,5-6,9-15H2,(H,26,27). The number of amides is 2. The molecule has 3 aliphatic rings. The molecule has 1 aromatic rings. The third kappa shape index (κ3) is 4.02. The molecule has 1 atom stereocenters. The Labute approximate surface area is 166 Å². The lowest BCUT2D eigenvalue weighted by atomic mass is 9.85. The van der Waals surface area contributed by atoms with Crippen LogP contribution < -0.4 is 10.2 Å². The molecule has 0 spiro atoms. The third-order valence-electron chi connectivity index (χ3n) is 6.78. The van der Waals surface area contributed by atoms with Crippen molar-refractivity contribution in [3.63, 3.8) is 0 Å². The van der Waals surface area contributed by atoms with Crippen molar-refractivity contribution in [3.8, 4) is 0 Å². The van der Waals surface area contributed by atoms with Crippen LogP contribution in [-0.4, -0.2) is 54.2 Å². The number of urea groups is 1. The summed E-state index contributed by atoms with van der Waals surface area (Å²) in [6.45, 7) is 3.64. The molecule has 2 heterocycles. The number of hydrogen-bond acceptors (Lipinski definition) is 3. The summed E-state index contributed by atoms with van der Waals surface area (Å²) in [5.41, 5.74) is 2.35. The van der Waals surface area contributed by atoms with Gasteiger partial charge in [0.1, 0.15) is 0 Å². The highest BCUT2D eigenvalue weighted by Crippen LogP contribution is 2.32. The molecule has 1 unspecified atom stereocenters. The van der Waals surface area contributed by atoms with E-state index in [4.69, 9.17) is 0 Å². The average molecular weight is 386 g/mol. The van der Waals surface area contributed by atoms with Crippen LogP contribution in [0, 0.1) is 5.92 Å². The van der Waals surface area contributed by atoms with E-state index in [1.54, 1.807) is 0 Å². The second-order valence-corrected chi connectivity index (χ2v) is 8.44. The Morgan fingerprint density at radius 2 is 1.71 bits per heavy atom. The quantitative estimate of drug-likeness (QED) is 0.833. The lowest BCUT2D eigenvalue weighted by molar-refractivity contribution is -0.143. The lowest BCUT2D eigenvalue weighted by Crippen LogP contribution is -2.42. The number of carbonyl (C=O) groups excluding carboxylic acids is 1. The molecule has 1 saturated carbocycles. The number of aliphatic carboxylic acids is 1. The highest BCUT2D eigenvalue weighted by atomic mass is 16.4. The predicted octanol–water partition coefficient (Wildman–Crippen LogP) is 3.43. The summed E-state index contributed by atoms with van der Waals surface area (Å²) >= 11 is 0. The van der Waals surface area contributed by atoms with E-state index in [-0.39, 0.29) is 18.0 Å². The molecular formula is C22H31N3O3. The Morgan fingerprint density at radius 3 is 2.43 bits per heavy atom. The van der Waals surface area contributed by atoms with Crippen molar-refractivity contribution in [2.24, 2.45) is 5.92 Å². The number of anilines is 1. The van der Waals surface area contributed by atoms with Crippen molar-refractivity contribution < 1.29 is 14.7 Å². The molecule has 1 aromatic carbocycles. The van der Waals surface area contributed by atoms with Gasteiger partial charge in [0.15, 0.2) is 0 Å². The van der Waals surface area contributed by atoms with E-state index in [2.05, 4.69) is 29.6 Å². The Kier molecular flexibility index (Phi) is 5.85. The summed E-state index contributed by atoms with van der Waals surface area (Å²) in [7, 11) is 0. The number of nitrogens with one attached hydrogen (secondary N) is 1. The molecule has 3 fully saturated rings. The zero-order chi connectivity index (χ0) is 19.5. The van der Waals surface area contributed by atoms with Gasteiger partial charge in [0, 0.05) is 24.8 Å². The van der Waals surface area contributed by atoms with Crippen molar-refractivity contribution in [1.29, 1.82) is 0 Å². The van der Waals surface area contributed by atoms with E-state index in [1.807, 2.05) is 9.80 Å². The van der Waals surface area contributed by atoms with Crippen LogP contribution in [0.1, 0.15) is 56.4 Å². The molecule has 2 aliphatic heterocycles. The van der Waals surface area contributed by atoms with Crippen molar-refractivity contribution >= 4 is 17.7 Å². The van der Waals surface area contributed by atoms with Crippen molar-refractivity contribution in [1.82, 2.24) is 10.2 Å². The molecule has 4 rings (SSSR count). The Bertz CT molecular complexity index is 689. The van der Waals surface area contributed by atoms with Gasteiger partial charge in [-0.2, -0.15) is 0 Å². The third-order valence-corrected chi connectivity index (χ3v) is 6.78. The van der Waals surface area contributed by atoms with Crippen LogP contribution in [0.25, 0.3) is 0 Å². The van der Waals surface area contributed by atoms with E-state index in [0.29, 0.717) is 25.3 Å². The van der Waals surface area contributed by atoms with Gasteiger partial charge in [-0.1, -0.05) is 12.1 Å². The largest absolute Gasteiger partial charge is 0.481 e. The molecule has 2 amide bonds. The molecule has 0 radical (unpaired) electrons. The fourth-order valence-corrected chi connectivity index (χ4v) is 5.05. The number of nitrogens with zero attached hydrogens (tertiary/aromatic N) is 2. The first-order valence-corrected chi connectivity index (χ1v) is 10.7. The van der Waals surface area contributed by atoms with Crippen molar-refractivity contribution in [2.75, 3.05) is 31.1 Å². The number of carboxylic acid groups (broad SMARTS) is 1. The van der Waals surface area contributed by atoms with Crippen LogP contribution in [-0.2, 0) is 4.79 Å². The maximum absolute atomic E-state index is 13.0. The Hall–Kier alpha value is -2.08. The minimum absolute atomic E-state index is 0.0743. The van der Waals surface area contributed by atoms with Gasteiger partial charge >= 0.3 is 12.0 Å². The van der Waals surface area contributed by atoms with Gasteiger partial charge in [-0.15, -0.1) is 0 Å². The summed E-state index contributed by atoms with van der Waals surface area (Å²) in [5.74, 6) is -0.326. The van der Waals surface area contributed by atoms with Gasteiger partial charge in [0.25, 0.3) is 0 Å². The smallest absolute Gasteiger partial charge is 0.324 e. The van der Waals surface area contributed by atoms with E-state index in [0.717, 1.165) is 38.2 Å². The van der Waals surface area contributed by atoms with Crippen LogP contribution in [0.15, 0.2) is 24.3 Å². The average Bonchev–Trinajstić information content (AvgIpc) is 2.92. The van der Waals surface area contributed by atoms with Gasteiger partial charge in [-0.05, 0) is 81.6 Å². The highest BCUT2D eigenvalue weighted by molar-refractivity contribution is 5.94. The first-order valence-electron chi connectivity index (χ1n) is 10.7. The fourth-order valence-electron chi connectivity index (χ4n) is 5.05. The number of carbonyl (C=O) groups is 2. The van der Waals surface area contributed by atoms with Crippen LogP contribution >= 0.6 is 0 Å². The van der Waals surface area contributed by atoms with Crippen molar-refractivity contribution in [3.05, 3.63) is 29.8 Å². The van der Waals surface area contributed by atoms with E-state index in [1.165, 1.54) is 24.8 Å². The maximum Gasteiger partial charge on any atom is 0.324 e. The van der Waals surface area contributed by atoms with Crippen LogP contribution in [0.4, 0.5) is 10.5 Å². The lowest BCUT2D eigenvalue weighted by Gasteiger charge is -2.33. The normalized spacial score (nSPS) is 29.0. The molecule has 2 saturated heterocycles. The number of benzene rings is 1. The summed E-state index contributed by atoms with van der Waals surface area (Å²) in [6.07, 6.45) is 6.56. The fraction of sp³-hybridized carbons (Fsp3) is 0.636. The van der Waals surface area contributed by atoms with E-state index < -0.39 is 5.97 Å². The molecule has 6 nitrogen and oxygen atoms in total. The summed E-state index contributed by atoms with van der Waals surface area (Å²) in [5, 5.41) is 12.6. The molecule has 0 bridgehead atoms. The van der Waals surface area contributed by atoms with Crippen LogP contribution in [0.2, 0.25) is 0 Å². The van der Waals surface area contributed by atoms with Gasteiger partial charge in [0.2, 0.25) is 0 Å². The summed E-state index contributed by atoms with van der Waals surface area (Å²) in [6, 6.07) is 8.84. The Morgan fingerprint density at radius 1 is 0.964 bits per heavy atom. The first kappa shape index (κ1) is 19.2. The minimum Gasteiger partial charge on any atom is -0.481 e. The predicted molar refractivity (Wildman–Crippen MR) is 109 cm³/mol.